The van der Waals surface area contributed by atoms with Crippen LogP contribution in [0.15, 0.2) is 78.9 Å². The smallest absolute Gasteiger partial charge is 0.252 e. The number of rotatable bonds is 7. The molecule has 0 heterocycles. The van der Waals surface area contributed by atoms with Crippen LogP contribution in [0.4, 0.5) is 5.69 Å². The maximum Gasteiger partial charge on any atom is 0.252 e. The van der Waals surface area contributed by atoms with E-state index in [0.29, 0.717) is 17.8 Å². The second kappa shape index (κ2) is 9.13. The maximum absolute atomic E-state index is 13.0. The van der Waals surface area contributed by atoms with Crippen LogP contribution in [0, 0.1) is 6.92 Å². The summed E-state index contributed by atoms with van der Waals surface area (Å²) in [6.45, 7) is 4.12. The molecule has 0 spiro atoms. The number of benzene rings is 3. The van der Waals surface area contributed by atoms with Crippen molar-refractivity contribution >= 4 is 21.6 Å². The van der Waals surface area contributed by atoms with Gasteiger partial charge in [-0.05, 0) is 49.2 Å². The highest BCUT2D eigenvalue weighted by atomic mass is 32.2. The summed E-state index contributed by atoms with van der Waals surface area (Å²) in [5, 5.41) is 3.11. The lowest BCUT2D eigenvalue weighted by Crippen LogP contribution is -2.30. The molecule has 0 saturated carbocycles. The summed E-state index contributed by atoms with van der Waals surface area (Å²) in [7, 11) is -3.36. The molecule has 0 aliphatic heterocycles. The molecule has 1 atom stereocenters. The van der Waals surface area contributed by atoms with Crippen LogP contribution >= 0.6 is 0 Å². The first kappa shape index (κ1) is 21.6. The van der Waals surface area contributed by atoms with Crippen molar-refractivity contribution in [3.63, 3.8) is 0 Å². The second-order valence-corrected chi connectivity index (χ2v) is 9.11. The fraction of sp³-hybridized carbons (Fsp3) is 0.208. The van der Waals surface area contributed by atoms with Crippen molar-refractivity contribution in [3.05, 3.63) is 101 Å². The van der Waals surface area contributed by atoms with Crippen molar-refractivity contribution in [3.8, 4) is 0 Å². The van der Waals surface area contributed by atoms with Crippen molar-refractivity contribution in [1.82, 2.24) is 5.32 Å². The molecule has 0 aliphatic rings. The molecule has 0 saturated heterocycles. The lowest BCUT2D eigenvalue weighted by Gasteiger charge is -2.22. The van der Waals surface area contributed by atoms with Crippen LogP contribution in [0.3, 0.4) is 0 Å². The zero-order chi connectivity index (χ0) is 21.7. The van der Waals surface area contributed by atoms with Crippen molar-refractivity contribution in [2.75, 3.05) is 17.1 Å². The quantitative estimate of drug-likeness (QED) is 0.617. The third-order valence-corrected chi connectivity index (χ3v) is 6.19. The number of aryl methyl sites for hydroxylation is 1. The summed E-state index contributed by atoms with van der Waals surface area (Å²) >= 11 is 0. The molecule has 1 amide bonds. The molecule has 6 heteroatoms. The van der Waals surface area contributed by atoms with Crippen LogP contribution in [-0.2, 0) is 10.0 Å². The Kier molecular flexibility index (Phi) is 6.57. The monoisotopic (exact) mass is 422 g/mol. The van der Waals surface area contributed by atoms with Gasteiger partial charge in [0.1, 0.15) is 0 Å². The van der Waals surface area contributed by atoms with Gasteiger partial charge in [-0.25, -0.2) is 8.42 Å². The van der Waals surface area contributed by atoms with E-state index in [-0.39, 0.29) is 11.9 Å². The number of sulfonamides is 1. The van der Waals surface area contributed by atoms with Gasteiger partial charge in [0.2, 0.25) is 10.0 Å². The predicted molar refractivity (Wildman–Crippen MR) is 121 cm³/mol. The Balaban J connectivity index is 1.86. The van der Waals surface area contributed by atoms with Crippen molar-refractivity contribution in [2.45, 2.75) is 19.9 Å². The molecule has 5 nitrogen and oxygen atoms in total. The Morgan fingerprint density at radius 3 is 2.00 bits per heavy atom. The Morgan fingerprint density at radius 2 is 1.47 bits per heavy atom. The van der Waals surface area contributed by atoms with E-state index in [2.05, 4.69) is 5.32 Å². The minimum Gasteiger partial charge on any atom is -0.341 e. The van der Waals surface area contributed by atoms with Gasteiger partial charge in [0.25, 0.3) is 5.91 Å². The zero-order valence-corrected chi connectivity index (χ0v) is 18.2. The Hall–Kier alpha value is -3.12. The Bertz CT molecular complexity index is 1090. The second-order valence-electron chi connectivity index (χ2n) is 7.20. The maximum atomic E-state index is 13.0. The number of hydrogen-bond acceptors (Lipinski definition) is 3. The molecular weight excluding hydrogens is 396 g/mol. The van der Waals surface area contributed by atoms with Crippen LogP contribution in [0.1, 0.15) is 40.0 Å². The van der Waals surface area contributed by atoms with Crippen LogP contribution in [-0.4, -0.2) is 27.1 Å². The van der Waals surface area contributed by atoms with Crippen LogP contribution in [0.2, 0.25) is 0 Å². The first-order valence-corrected chi connectivity index (χ1v) is 11.6. The van der Waals surface area contributed by atoms with E-state index < -0.39 is 10.0 Å². The average Bonchev–Trinajstić information content (AvgIpc) is 2.73. The molecule has 3 aromatic carbocycles. The van der Waals surface area contributed by atoms with Gasteiger partial charge >= 0.3 is 0 Å². The highest BCUT2D eigenvalue weighted by Crippen LogP contribution is 2.24. The van der Waals surface area contributed by atoms with E-state index in [9.17, 15) is 13.2 Å². The molecule has 3 rings (SSSR count). The van der Waals surface area contributed by atoms with Crippen LogP contribution in [0.5, 0.6) is 0 Å². The van der Waals surface area contributed by atoms with Gasteiger partial charge in [-0.15, -0.1) is 0 Å². The number of carbonyl (C=O) groups excluding carboxylic acids is 1. The van der Waals surface area contributed by atoms with Crippen LogP contribution < -0.4 is 9.62 Å². The third kappa shape index (κ3) is 5.07. The molecule has 1 N–H and O–H groups in total. The molecule has 0 fully saturated rings. The van der Waals surface area contributed by atoms with Gasteiger partial charge in [-0.3, -0.25) is 9.10 Å². The van der Waals surface area contributed by atoms with E-state index >= 15 is 0 Å². The van der Waals surface area contributed by atoms with Crippen LogP contribution in [0.25, 0.3) is 0 Å². The average molecular weight is 423 g/mol. The van der Waals surface area contributed by atoms with Gasteiger partial charge in [-0.2, -0.15) is 0 Å². The first-order valence-electron chi connectivity index (χ1n) is 9.79. The van der Waals surface area contributed by atoms with E-state index in [1.807, 2.05) is 61.5 Å². The van der Waals surface area contributed by atoms with Crippen molar-refractivity contribution < 1.29 is 13.2 Å². The summed E-state index contributed by atoms with van der Waals surface area (Å²) in [5.74, 6) is -0.224. The highest BCUT2D eigenvalue weighted by molar-refractivity contribution is 7.92. The molecule has 0 unspecified atom stereocenters. The van der Waals surface area contributed by atoms with E-state index in [4.69, 9.17) is 0 Å². The summed E-state index contributed by atoms with van der Waals surface area (Å²) in [4.78, 5) is 13.0. The number of hydrogen-bond donors (Lipinski definition) is 1. The fourth-order valence-corrected chi connectivity index (χ4v) is 4.34. The molecule has 0 aromatic heterocycles. The summed E-state index contributed by atoms with van der Waals surface area (Å²) in [6, 6.07) is 24.2. The minimum atomic E-state index is -3.36. The minimum absolute atomic E-state index is 0.224. The number of amides is 1. The molecule has 0 radical (unpaired) electrons. The predicted octanol–water partition coefficient (Wildman–Crippen LogP) is 4.30. The first-order chi connectivity index (χ1) is 14.3. The van der Waals surface area contributed by atoms with Gasteiger partial charge in [0, 0.05) is 12.1 Å². The molecular formula is C24H26N2O3S. The standard InChI is InChI=1S/C24H26N2O3S/c1-4-26(30(3,28)29)22-16-14-21(15-17-22)24(27)25-23(19-8-6-5-7-9-19)20-12-10-18(2)11-13-20/h5-17,23H,4H2,1-3H3,(H,25,27)/t23-/m1/s1. The van der Waals surface area contributed by atoms with Crippen molar-refractivity contribution in [1.29, 1.82) is 0 Å². The van der Waals surface area contributed by atoms with Gasteiger partial charge in [0.15, 0.2) is 0 Å². The van der Waals surface area contributed by atoms with Gasteiger partial charge < -0.3 is 5.32 Å². The lowest BCUT2D eigenvalue weighted by atomic mass is 9.97. The normalized spacial score (nSPS) is 12.2. The number of nitrogens with zero attached hydrogens (tertiary/aromatic N) is 1. The highest BCUT2D eigenvalue weighted by Gasteiger charge is 2.19. The Morgan fingerprint density at radius 1 is 0.900 bits per heavy atom. The third-order valence-electron chi connectivity index (χ3n) is 4.92. The van der Waals surface area contributed by atoms with E-state index in [0.717, 1.165) is 16.7 Å². The lowest BCUT2D eigenvalue weighted by molar-refractivity contribution is 0.0943. The molecule has 156 valence electrons. The van der Waals surface area contributed by atoms with E-state index in [1.54, 1.807) is 31.2 Å². The largest absolute Gasteiger partial charge is 0.341 e. The fourth-order valence-electron chi connectivity index (χ4n) is 3.37. The number of anilines is 1. The summed E-state index contributed by atoms with van der Waals surface area (Å²) in [6.07, 6.45) is 1.17. The number of carbonyl (C=O) groups is 1. The van der Waals surface area contributed by atoms with E-state index in [1.165, 1.54) is 10.6 Å². The molecule has 0 bridgehead atoms. The summed E-state index contributed by atoms with van der Waals surface area (Å²) in [5.41, 5.74) is 4.14. The van der Waals surface area contributed by atoms with Gasteiger partial charge in [0.05, 0.1) is 18.0 Å². The SMILES string of the molecule is CCN(c1ccc(C(=O)N[C@H](c2ccccc2)c2ccc(C)cc2)cc1)S(C)(=O)=O. The molecule has 3 aromatic rings. The van der Waals surface area contributed by atoms with Crippen molar-refractivity contribution in [2.24, 2.45) is 0 Å². The zero-order valence-electron chi connectivity index (χ0n) is 17.4. The summed E-state index contributed by atoms with van der Waals surface area (Å²) < 4.78 is 25.1. The molecule has 0 aliphatic carbocycles. The van der Waals surface area contributed by atoms with Gasteiger partial charge in [-0.1, -0.05) is 60.2 Å². The molecule has 30 heavy (non-hydrogen) atoms. The number of nitrogens with one attached hydrogen (secondary N) is 1. The topological polar surface area (TPSA) is 66.5 Å². The Labute approximate surface area is 178 Å².